The smallest absolute Gasteiger partial charge is 0.266 e. The summed E-state index contributed by atoms with van der Waals surface area (Å²) in [5.74, 6) is -0.550. The second-order valence-corrected chi connectivity index (χ2v) is 2.84. The van der Waals surface area contributed by atoms with Crippen molar-refractivity contribution in [2.24, 2.45) is 0 Å². The van der Waals surface area contributed by atoms with Crippen LogP contribution in [0.5, 0.6) is 5.75 Å². The molecule has 0 unspecified atom stereocenters. The van der Waals surface area contributed by atoms with Crippen LogP contribution in [0.15, 0.2) is 6.20 Å². The molecule has 0 atom stereocenters. The van der Waals surface area contributed by atoms with Gasteiger partial charge in [0.25, 0.3) is 6.43 Å². The lowest BCUT2D eigenvalue weighted by atomic mass is 10.2. The van der Waals surface area contributed by atoms with E-state index in [1.54, 1.807) is 6.07 Å². The predicted molar refractivity (Wildman–Crippen MR) is 45.2 cm³/mol. The molecule has 0 aliphatic rings. The first-order chi connectivity index (χ1) is 6.57. The number of aromatic nitrogens is 1. The van der Waals surface area contributed by atoms with E-state index >= 15 is 0 Å². The third-order valence-corrected chi connectivity index (χ3v) is 1.97. The third kappa shape index (κ3) is 1.91. The molecule has 0 fully saturated rings. The molecule has 0 spiro atoms. The SMILES string of the molecule is N#CCc1ncc(C(F)F)c(Cl)c1O. The maximum Gasteiger partial charge on any atom is 0.266 e. The summed E-state index contributed by atoms with van der Waals surface area (Å²) in [5.41, 5.74) is -0.534. The number of halogens is 3. The number of aromatic hydroxyl groups is 1. The Labute approximate surface area is 83.6 Å². The number of nitriles is 1. The van der Waals surface area contributed by atoms with Crippen LogP contribution in [0.25, 0.3) is 0 Å². The molecule has 0 aliphatic heterocycles. The van der Waals surface area contributed by atoms with Crippen LogP contribution in [-0.4, -0.2) is 10.1 Å². The summed E-state index contributed by atoms with van der Waals surface area (Å²) in [7, 11) is 0. The van der Waals surface area contributed by atoms with Crippen molar-refractivity contribution >= 4 is 11.6 Å². The summed E-state index contributed by atoms with van der Waals surface area (Å²) in [6, 6.07) is 1.73. The molecule has 0 bridgehead atoms. The van der Waals surface area contributed by atoms with E-state index in [4.69, 9.17) is 16.9 Å². The van der Waals surface area contributed by atoms with E-state index in [1.165, 1.54) is 0 Å². The van der Waals surface area contributed by atoms with Crippen molar-refractivity contribution in [1.29, 1.82) is 5.26 Å². The Hall–Kier alpha value is -1.41. The first kappa shape index (κ1) is 10.7. The molecular weight excluding hydrogens is 214 g/mol. The van der Waals surface area contributed by atoms with E-state index in [1.807, 2.05) is 0 Å². The summed E-state index contributed by atoms with van der Waals surface area (Å²) in [4.78, 5) is 3.51. The van der Waals surface area contributed by atoms with Crippen molar-refractivity contribution < 1.29 is 13.9 Å². The van der Waals surface area contributed by atoms with E-state index in [-0.39, 0.29) is 12.1 Å². The van der Waals surface area contributed by atoms with Crippen molar-refractivity contribution in [2.45, 2.75) is 12.8 Å². The molecule has 0 aliphatic carbocycles. The summed E-state index contributed by atoms with van der Waals surface area (Å²) in [6.45, 7) is 0. The lowest BCUT2D eigenvalue weighted by Gasteiger charge is -2.06. The Morgan fingerprint density at radius 2 is 2.29 bits per heavy atom. The van der Waals surface area contributed by atoms with Gasteiger partial charge >= 0.3 is 0 Å². The highest BCUT2D eigenvalue weighted by molar-refractivity contribution is 6.32. The highest BCUT2D eigenvalue weighted by Crippen LogP contribution is 2.34. The Morgan fingerprint density at radius 3 is 2.79 bits per heavy atom. The minimum absolute atomic E-state index is 0.00176. The fourth-order valence-corrected chi connectivity index (χ4v) is 1.13. The van der Waals surface area contributed by atoms with Crippen LogP contribution in [0.3, 0.4) is 0 Å². The fourth-order valence-electron chi connectivity index (χ4n) is 0.885. The molecule has 1 N–H and O–H groups in total. The van der Waals surface area contributed by atoms with E-state index in [0.29, 0.717) is 0 Å². The molecular formula is C8H5ClF2N2O. The molecule has 14 heavy (non-hydrogen) atoms. The number of nitrogens with zero attached hydrogens (tertiary/aromatic N) is 2. The van der Waals surface area contributed by atoms with Gasteiger partial charge in [0, 0.05) is 6.20 Å². The third-order valence-electron chi connectivity index (χ3n) is 1.58. The van der Waals surface area contributed by atoms with Gasteiger partial charge in [-0.3, -0.25) is 4.98 Å². The second kappa shape index (κ2) is 4.20. The van der Waals surface area contributed by atoms with Gasteiger partial charge in [-0.1, -0.05) is 11.6 Å². The molecule has 0 saturated carbocycles. The minimum Gasteiger partial charge on any atom is -0.504 e. The topological polar surface area (TPSA) is 56.9 Å². The molecule has 6 heteroatoms. The normalized spacial score (nSPS) is 10.2. The molecule has 0 radical (unpaired) electrons. The van der Waals surface area contributed by atoms with Crippen LogP contribution in [0, 0.1) is 11.3 Å². The van der Waals surface area contributed by atoms with Crippen molar-refractivity contribution in [1.82, 2.24) is 4.98 Å². The van der Waals surface area contributed by atoms with E-state index in [9.17, 15) is 13.9 Å². The maximum atomic E-state index is 12.2. The van der Waals surface area contributed by atoms with Gasteiger partial charge in [-0.2, -0.15) is 5.26 Å². The Balaban J connectivity index is 3.20. The highest BCUT2D eigenvalue weighted by Gasteiger charge is 2.18. The molecule has 0 amide bonds. The van der Waals surface area contributed by atoms with Crippen LogP contribution >= 0.6 is 11.6 Å². The summed E-state index contributed by atoms with van der Waals surface area (Å²) >= 11 is 5.45. The molecule has 0 saturated heterocycles. The van der Waals surface area contributed by atoms with Gasteiger partial charge < -0.3 is 5.11 Å². The summed E-state index contributed by atoms with van der Waals surface area (Å²) in [6.07, 6.45) is -2.11. The monoisotopic (exact) mass is 218 g/mol. The molecule has 1 aromatic heterocycles. The first-order valence-electron chi connectivity index (χ1n) is 3.59. The van der Waals surface area contributed by atoms with Crippen LogP contribution in [0.4, 0.5) is 8.78 Å². The van der Waals surface area contributed by atoms with Gasteiger partial charge in [0.2, 0.25) is 0 Å². The van der Waals surface area contributed by atoms with Gasteiger partial charge in [-0.05, 0) is 0 Å². The largest absolute Gasteiger partial charge is 0.504 e. The standard InChI is InChI=1S/C8H5ClF2N2O/c9-6-4(8(10)11)3-13-5(1-2-12)7(6)14/h3,8,14H,1H2. The zero-order valence-corrected chi connectivity index (χ0v) is 7.59. The lowest BCUT2D eigenvalue weighted by Crippen LogP contribution is -1.94. The van der Waals surface area contributed by atoms with E-state index in [2.05, 4.69) is 4.98 Å². The Kier molecular flexibility index (Phi) is 3.20. The fraction of sp³-hybridized carbons (Fsp3) is 0.250. The molecule has 1 heterocycles. The number of rotatable bonds is 2. The van der Waals surface area contributed by atoms with E-state index < -0.39 is 22.8 Å². The Bertz CT molecular complexity index is 390. The van der Waals surface area contributed by atoms with Crippen LogP contribution in [0.1, 0.15) is 17.7 Å². The second-order valence-electron chi connectivity index (χ2n) is 2.46. The Morgan fingerprint density at radius 1 is 1.64 bits per heavy atom. The van der Waals surface area contributed by atoms with Gasteiger partial charge in [0.1, 0.15) is 0 Å². The molecule has 3 nitrogen and oxygen atoms in total. The lowest BCUT2D eigenvalue weighted by molar-refractivity contribution is 0.150. The molecule has 1 aromatic rings. The number of pyridine rings is 1. The van der Waals surface area contributed by atoms with Crippen molar-refractivity contribution in [3.63, 3.8) is 0 Å². The quantitative estimate of drug-likeness (QED) is 0.830. The number of hydrogen-bond donors (Lipinski definition) is 1. The first-order valence-corrected chi connectivity index (χ1v) is 3.97. The minimum atomic E-state index is -2.79. The van der Waals surface area contributed by atoms with Gasteiger partial charge in [0.15, 0.2) is 5.75 Å². The summed E-state index contributed by atoms with van der Waals surface area (Å²) < 4.78 is 24.4. The zero-order valence-electron chi connectivity index (χ0n) is 6.84. The average molecular weight is 219 g/mol. The van der Waals surface area contributed by atoms with Gasteiger partial charge in [-0.25, -0.2) is 8.78 Å². The van der Waals surface area contributed by atoms with Gasteiger partial charge in [0.05, 0.1) is 28.8 Å². The molecule has 74 valence electrons. The summed E-state index contributed by atoms with van der Waals surface area (Å²) in [5, 5.41) is 17.2. The van der Waals surface area contributed by atoms with E-state index in [0.717, 1.165) is 6.20 Å². The highest BCUT2D eigenvalue weighted by atomic mass is 35.5. The van der Waals surface area contributed by atoms with Crippen molar-refractivity contribution in [3.8, 4) is 11.8 Å². The van der Waals surface area contributed by atoms with Gasteiger partial charge in [-0.15, -0.1) is 0 Å². The number of alkyl halides is 2. The van der Waals surface area contributed by atoms with Crippen molar-refractivity contribution in [2.75, 3.05) is 0 Å². The van der Waals surface area contributed by atoms with Crippen LogP contribution < -0.4 is 0 Å². The average Bonchev–Trinajstić information content (AvgIpc) is 2.13. The maximum absolute atomic E-state index is 12.2. The zero-order chi connectivity index (χ0) is 10.7. The number of hydrogen-bond acceptors (Lipinski definition) is 3. The predicted octanol–water partition coefficient (Wildman–Crippen LogP) is 2.44. The molecule has 1 rings (SSSR count). The van der Waals surface area contributed by atoms with Crippen molar-refractivity contribution in [3.05, 3.63) is 22.5 Å². The molecule has 0 aromatic carbocycles. The van der Waals surface area contributed by atoms with Crippen LogP contribution in [0.2, 0.25) is 5.02 Å². The van der Waals surface area contributed by atoms with Crippen LogP contribution in [-0.2, 0) is 6.42 Å².